The van der Waals surface area contributed by atoms with Crippen molar-refractivity contribution < 1.29 is 32.7 Å². The Bertz CT molecular complexity index is 475. The van der Waals surface area contributed by atoms with E-state index in [1.165, 1.54) is 0 Å². The molecule has 2 fully saturated rings. The Balaban J connectivity index is 0.000000705. The van der Waals surface area contributed by atoms with Crippen LogP contribution in [-0.4, -0.2) is 78.1 Å². The number of amides is 2. The average molecular weight is 367 g/mol. The van der Waals surface area contributed by atoms with Crippen LogP contribution in [-0.2, 0) is 14.4 Å². The van der Waals surface area contributed by atoms with Gasteiger partial charge in [-0.3, -0.25) is 14.4 Å². The predicted octanol–water partition coefficient (Wildman–Crippen LogP) is 0.700. The van der Waals surface area contributed by atoms with Crippen molar-refractivity contribution in [2.24, 2.45) is 5.92 Å². The number of hydrogen-bond donors (Lipinski definition) is 2. The van der Waals surface area contributed by atoms with Crippen LogP contribution in [0.5, 0.6) is 0 Å². The summed E-state index contributed by atoms with van der Waals surface area (Å²) in [5.41, 5.74) is 0. The van der Waals surface area contributed by atoms with Gasteiger partial charge < -0.3 is 20.2 Å². The Labute approximate surface area is 144 Å². The molecule has 0 spiro atoms. The number of hydrogen-bond acceptors (Lipinski definition) is 4. The number of alkyl halides is 3. The van der Waals surface area contributed by atoms with Gasteiger partial charge in [0.25, 0.3) is 5.97 Å². The normalized spacial score (nSPS) is 19.5. The standard InChI is InChI=1S/C13H20F3N3O2.C2H4O2/c14-13(15,16)12(21)19-7-1-6-18(8-9-19)11(20)10-2-4-17-5-3-10;1-2(3)4/h10,17H,1-9H2;1H3,(H,3,4). The third-order valence-electron chi connectivity index (χ3n) is 4.03. The summed E-state index contributed by atoms with van der Waals surface area (Å²) in [6.45, 7) is 3.28. The maximum Gasteiger partial charge on any atom is 0.471 e. The quantitative estimate of drug-likeness (QED) is 0.712. The fourth-order valence-corrected chi connectivity index (χ4v) is 2.85. The second-order valence-electron chi connectivity index (χ2n) is 6.01. The average Bonchev–Trinajstić information content (AvgIpc) is 2.79. The number of rotatable bonds is 1. The number of nitrogens with zero attached hydrogens (tertiary/aromatic N) is 2. The highest BCUT2D eigenvalue weighted by atomic mass is 19.4. The van der Waals surface area contributed by atoms with Crippen molar-refractivity contribution >= 4 is 17.8 Å². The lowest BCUT2D eigenvalue weighted by molar-refractivity contribution is -0.185. The highest BCUT2D eigenvalue weighted by molar-refractivity contribution is 5.82. The molecule has 2 amide bonds. The van der Waals surface area contributed by atoms with E-state index in [0.29, 0.717) is 13.0 Å². The number of carbonyl (C=O) groups excluding carboxylic acids is 2. The third-order valence-corrected chi connectivity index (χ3v) is 4.03. The van der Waals surface area contributed by atoms with Crippen molar-refractivity contribution in [3.8, 4) is 0 Å². The van der Waals surface area contributed by atoms with E-state index >= 15 is 0 Å². The van der Waals surface area contributed by atoms with Gasteiger partial charge in [0.15, 0.2) is 0 Å². The van der Waals surface area contributed by atoms with Crippen molar-refractivity contribution in [3.63, 3.8) is 0 Å². The maximum atomic E-state index is 12.4. The predicted molar refractivity (Wildman–Crippen MR) is 82.7 cm³/mol. The zero-order chi connectivity index (χ0) is 19.0. The summed E-state index contributed by atoms with van der Waals surface area (Å²) in [5.74, 6) is -2.67. The number of carboxylic acid groups (broad SMARTS) is 1. The van der Waals surface area contributed by atoms with Gasteiger partial charge in [-0.1, -0.05) is 0 Å². The number of carbonyl (C=O) groups is 3. The minimum absolute atomic E-state index is 0.0119. The van der Waals surface area contributed by atoms with E-state index in [2.05, 4.69) is 5.32 Å². The van der Waals surface area contributed by atoms with Crippen molar-refractivity contribution in [2.75, 3.05) is 39.3 Å². The van der Waals surface area contributed by atoms with E-state index in [-0.39, 0.29) is 31.5 Å². The van der Waals surface area contributed by atoms with E-state index < -0.39 is 18.1 Å². The van der Waals surface area contributed by atoms with Crippen LogP contribution in [0.2, 0.25) is 0 Å². The Kier molecular flexibility index (Phi) is 8.14. The largest absolute Gasteiger partial charge is 0.481 e. The van der Waals surface area contributed by atoms with Gasteiger partial charge in [-0.25, -0.2) is 0 Å². The molecule has 2 N–H and O–H groups in total. The first-order chi connectivity index (χ1) is 11.6. The summed E-state index contributed by atoms with van der Waals surface area (Å²) >= 11 is 0. The van der Waals surface area contributed by atoms with Gasteiger partial charge in [-0.2, -0.15) is 13.2 Å². The smallest absolute Gasteiger partial charge is 0.471 e. The Hall–Kier alpha value is -1.84. The molecule has 0 aromatic carbocycles. The van der Waals surface area contributed by atoms with Gasteiger partial charge in [0, 0.05) is 39.0 Å². The highest BCUT2D eigenvalue weighted by Crippen LogP contribution is 2.21. The second kappa shape index (κ2) is 9.59. The zero-order valence-electron chi connectivity index (χ0n) is 14.1. The SMILES string of the molecule is CC(=O)O.O=C(C1CCNCC1)N1CCCN(C(=O)C(F)(F)F)CC1. The second-order valence-corrected chi connectivity index (χ2v) is 6.01. The fraction of sp³-hybridized carbons (Fsp3) is 0.800. The van der Waals surface area contributed by atoms with Crippen LogP contribution in [0.3, 0.4) is 0 Å². The van der Waals surface area contributed by atoms with E-state index in [4.69, 9.17) is 9.90 Å². The summed E-state index contributed by atoms with van der Waals surface area (Å²) in [4.78, 5) is 35.0. The third kappa shape index (κ3) is 7.29. The van der Waals surface area contributed by atoms with E-state index in [9.17, 15) is 22.8 Å². The summed E-state index contributed by atoms with van der Waals surface area (Å²) in [6.07, 6.45) is -2.92. The number of carboxylic acids is 1. The molecule has 0 saturated carbocycles. The first-order valence-corrected chi connectivity index (χ1v) is 8.18. The Morgan fingerprint density at radius 3 is 2.00 bits per heavy atom. The van der Waals surface area contributed by atoms with Gasteiger partial charge in [0.1, 0.15) is 0 Å². The molecule has 0 aromatic heterocycles. The van der Waals surface area contributed by atoms with E-state index in [0.717, 1.165) is 37.8 Å². The number of piperidine rings is 1. The molecule has 7 nitrogen and oxygen atoms in total. The van der Waals surface area contributed by atoms with Crippen LogP contribution in [0, 0.1) is 5.92 Å². The molecule has 25 heavy (non-hydrogen) atoms. The van der Waals surface area contributed by atoms with E-state index in [1.54, 1.807) is 4.90 Å². The number of aliphatic carboxylic acids is 1. The molecule has 2 aliphatic heterocycles. The molecule has 144 valence electrons. The Morgan fingerprint density at radius 2 is 1.48 bits per heavy atom. The summed E-state index contributed by atoms with van der Waals surface area (Å²) < 4.78 is 37.3. The molecule has 0 bridgehead atoms. The number of nitrogens with one attached hydrogen (secondary N) is 1. The topological polar surface area (TPSA) is 89.9 Å². The molecular formula is C15H24F3N3O4. The van der Waals surface area contributed by atoms with Crippen LogP contribution < -0.4 is 5.32 Å². The van der Waals surface area contributed by atoms with Gasteiger partial charge in [-0.15, -0.1) is 0 Å². The molecule has 0 aromatic rings. The lowest BCUT2D eigenvalue weighted by atomic mass is 9.96. The van der Waals surface area contributed by atoms with Crippen molar-refractivity contribution in [2.45, 2.75) is 32.4 Å². The zero-order valence-corrected chi connectivity index (χ0v) is 14.1. The highest BCUT2D eigenvalue weighted by Gasteiger charge is 2.43. The molecule has 0 radical (unpaired) electrons. The van der Waals surface area contributed by atoms with Crippen LogP contribution in [0.1, 0.15) is 26.2 Å². The number of halogens is 3. The van der Waals surface area contributed by atoms with Crippen molar-refractivity contribution in [1.82, 2.24) is 15.1 Å². The lowest BCUT2D eigenvalue weighted by Crippen LogP contribution is -2.45. The van der Waals surface area contributed by atoms with Crippen LogP contribution >= 0.6 is 0 Å². The van der Waals surface area contributed by atoms with Gasteiger partial charge in [0.05, 0.1) is 0 Å². The molecule has 0 atom stereocenters. The molecular weight excluding hydrogens is 343 g/mol. The molecule has 2 saturated heterocycles. The molecule has 0 unspecified atom stereocenters. The maximum absolute atomic E-state index is 12.4. The minimum Gasteiger partial charge on any atom is -0.481 e. The van der Waals surface area contributed by atoms with Gasteiger partial charge >= 0.3 is 12.1 Å². The fourth-order valence-electron chi connectivity index (χ4n) is 2.85. The molecule has 0 aliphatic carbocycles. The minimum atomic E-state index is -4.84. The molecule has 10 heteroatoms. The van der Waals surface area contributed by atoms with Crippen LogP contribution in [0.4, 0.5) is 13.2 Å². The molecule has 2 heterocycles. The molecule has 2 rings (SSSR count). The summed E-state index contributed by atoms with van der Waals surface area (Å²) in [5, 5.41) is 10.6. The first kappa shape index (κ1) is 21.2. The van der Waals surface area contributed by atoms with Crippen molar-refractivity contribution in [3.05, 3.63) is 0 Å². The first-order valence-electron chi connectivity index (χ1n) is 8.18. The van der Waals surface area contributed by atoms with Gasteiger partial charge in [0.2, 0.25) is 5.91 Å². The van der Waals surface area contributed by atoms with Crippen LogP contribution in [0.15, 0.2) is 0 Å². The van der Waals surface area contributed by atoms with Crippen LogP contribution in [0.25, 0.3) is 0 Å². The van der Waals surface area contributed by atoms with Crippen molar-refractivity contribution in [1.29, 1.82) is 0 Å². The lowest BCUT2D eigenvalue weighted by Gasteiger charge is -2.29. The van der Waals surface area contributed by atoms with E-state index in [1.807, 2.05) is 0 Å². The Morgan fingerprint density at radius 1 is 1.00 bits per heavy atom. The monoisotopic (exact) mass is 367 g/mol. The van der Waals surface area contributed by atoms with Gasteiger partial charge in [-0.05, 0) is 32.4 Å². The summed E-state index contributed by atoms with van der Waals surface area (Å²) in [6, 6.07) is 0. The molecule has 2 aliphatic rings. The summed E-state index contributed by atoms with van der Waals surface area (Å²) in [7, 11) is 0.